The molecule has 0 saturated heterocycles. The molecule has 0 spiro atoms. The number of rotatable bonds is 5. The first-order valence-electron chi connectivity index (χ1n) is 6.58. The molecule has 0 aliphatic rings. The Morgan fingerprint density at radius 2 is 1.55 bits per heavy atom. The van der Waals surface area contributed by atoms with Gasteiger partial charge in [-0.05, 0) is 30.5 Å². The van der Waals surface area contributed by atoms with Crippen LogP contribution < -0.4 is 0 Å². The number of likely N-dealkylation sites (N-methyl/N-ethyl adjacent to an activating group) is 1. The van der Waals surface area contributed by atoms with Crippen molar-refractivity contribution >= 4 is 10.0 Å². The summed E-state index contributed by atoms with van der Waals surface area (Å²) < 4.78 is 26.4. The van der Waals surface area contributed by atoms with Gasteiger partial charge in [-0.25, -0.2) is 12.7 Å². The fraction of sp³-hybridized carbons (Fsp3) is 0.250. The summed E-state index contributed by atoms with van der Waals surface area (Å²) in [6.07, 6.45) is 0.711. The summed E-state index contributed by atoms with van der Waals surface area (Å²) >= 11 is 0. The average Bonchev–Trinajstić information content (AvgIpc) is 2.46. The van der Waals surface area contributed by atoms with Gasteiger partial charge >= 0.3 is 0 Å². The second kappa shape index (κ2) is 6.20. The number of nitrogens with zero attached hydrogens (tertiary/aromatic N) is 1. The van der Waals surface area contributed by atoms with Crippen LogP contribution in [0.2, 0.25) is 0 Å². The Hall–Kier alpha value is -1.65. The Morgan fingerprint density at radius 1 is 0.950 bits per heavy atom. The predicted octanol–water partition coefficient (Wildman–Crippen LogP) is 2.86. The third-order valence-corrected chi connectivity index (χ3v) is 5.36. The summed E-state index contributed by atoms with van der Waals surface area (Å²) in [4.78, 5) is 0.385. The minimum atomic E-state index is -3.41. The molecule has 0 aliphatic heterocycles. The van der Waals surface area contributed by atoms with Gasteiger partial charge in [-0.1, -0.05) is 48.5 Å². The van der Waals surface area contributed by atoms with Crippen LogP contribution in [0.1, 0.15) is 11.1 Å². The van der Waals surface area contributed by atoms with E-state index in [1.54, 1.807) is 19.2 Å². The molecule has 20 heavy (non-hydrogen) atoms. The van der Waals surface area contributed by atoms with Gasteiger partial charge in [0.25, 0.3) is 0 Å². The number of hydrogen-bond donors (Lipinski definition) is 0. The van der Waals surface area contributed by atoms with Crippen LogP contribution in [-0.2, 0) is 16.4 Å². The Balaban J connectivity index is 2.12. The zero-order valence-corrected chi connectivity index (χ0v) is 12.6. The lowest BCUT2D eigenvalue weighted by Gasteiger charge is -2.18. The van der Waals surface area contributed by atoms with Crippen molar-refractivity contribution in [3.8, 4) is 0 Å². The lowest BCUT2D eigenvalue weighted by molar-refractivity contribution is 0.472. The molecule has 106 valence electrons. The van der Waals surface area contributed by atoms with Crippen LogP contribution in [0.15, 0.2) is 59.5 Å². The molecule has 3 nitrogen and oxygen atoms in total. The van der Waals surface area contributed by atoms with E-state index in [1.165, 1.54) is 4.31 Å². The summed E-state index contributed by atoms with van der Waals surface area (Å²) in [5.74, 6) is 0. The van der Waals surface area contributed by atoms with Crippen LogP contribution in [0.4, 0.5) is 0 Å². The lowest BCUT2D eigenvalue weighted by atomic mass is 10.2. The van der Waals surface area contributed by atoms with Gasteiger partial charge < -0.3 is 0 Å². The van der Waals surface area contributed by atoms with Crippen molar-refractivity contribution in [3.05, 3.63) is 65.7 Å². The van der Waals surface area contributed by atoms with Crippen LogP contribution in [0.3, 0.4) is 0 Å². The molecule has 0 saturated carbocycles. The highest BCUT2D eigenvalue weighted by molar-refractivity contribution is 7.89. The topological polar surface area (TPSA) is 37.4 Å². The van der Waals surface area contributed by atoms with E-state index in [-0.39, 0.29) is 0 Å². The second-order valence-electron chi connectivity index (χ2n) is 4.83. The summed E-state index contributed by atoms with van der Waals surface area (Å²) in [6, 6.07) is 17.0. The molecule has 0 bridgehead atoms. The zero-order chi connectivity index (χ0) is 14.6. The van der Waals surface area contributed by atoms with Crippen molar-refractivity contribution in [1.82, 2.24) is 4.31 Å². The summed E-state index contributed by atoms with van der Waals surface area (Å²) in [5.41, 5.74) is 1.92. The maximum absolute atomic E-state index is 12.5. The summed E-state index contributed by atoms with van der Waals surface area (Å²) in [5, 5.41) is 0. The van der Waals surface area contributed by atoms with Crippen LogP contribution in [0.5, 0.6) is 0 Å². The van der Waals surface area contributed by atoms with Crippen molar-refractivity contribution in [2.45, 2.75) is 18.2 Å². The van der Waals surface area contributed by atoms with Crippen LogP contribution in [0, 0.1) is 6.92 Å². The largest absolute Gasteiger partial charge is 0.243 e. The average molecular weight is 289 g/mol. The van der Waals surface area contributed by atoms with Crippen molar-refractivity contribution in [1.29, 1.82) is 0 Å². The van der Waals surface area contributed by atoms with E-state index in [2.05, 4.69) is 0 Å². The Bertz CT molecular complexity index is 666. The maximum atomic E-state index is 12.5. The van der Waals surface area contributed by atoms with E-state index in [0.717, 1.165) is 11.1 Å². The molecule has 2 aromatic rings. The number of aryl methyl sites for hydroxylation is 1. The van der Waals surface area contributed by atoms with E-state index in [9.17, 15) is 8.42 Å². The van der Waals surface area contributed by atoms with Crippen molar-refractivity contribution < 1.29 is 8.42 Å². The fourth-order valence-electron chi connectivity index (χ4n) is 2.07. The first-order chi connectivity index (χ1) is 9.51. The molecule has 0 aliphatic carbocycles. The van der Waals surface area contributed by atoms with Gasteiger partial charge in [0.1, 0.15) is 0 Å². The highest BCUT2D eigenvalue weighted by Gasteiger charge is 2.21. The molecular formula is C16H19NO2S. The quantitative estimate of drug-likeness (QED) is 0.849. The molecule has 0 atom stereocenters. The summed E-state index contributed by atoms with van der Waals surface area (Å²) in [7, 11) is -1.78. The smallest absolute Gasteiger partial charge is 0.207 e. The molecule has 0 fully saturated rings. The number of sulfonamides is 1. The first kappa shape index (κ1) is 14.8. The second-order valence-corrected chi connectivity index (χ2v) is 6.84. The monoisotopic (exact) mass is 289 g/mol. The summed E-state index contributed by atoms with van der Waals surface area (Å²) in [6.45, 7) is 2.29. The van der Waals surface area contributed by atoms with Gasteiger partial charge in [0.15, 0.2) is 0 Å². The Morgan fingerprint density at radius 3 is 2.20 bits per heavy atom. The van der Waals surface area contributed by atoms with Crippen LogP contribution in [0.25, 0.3) is 0 Å². The van der Waals surface area contributed by atoms with E-state index in [1.807, 2.05) is 49.4 Å². The molecule has 2 rings (SSSR count). The SMILES string of the molecule is Cc1ccccc1S(=O)(=O)N(C)CCc1ccccc1. The molecule has 4 heteroatoms. The standard InChI is InChI=1S/C16H19NO2S/c1-14-8-6-7-11-16(14)20(18,19)17(2)13-12-15-9-4-3-5-10-15/h3-11H,12-13H2,1-2H3. The molecule has 2 aromatic carbocycles. The highest BCUT2D eigenvalue weighted by atomic mass is 32.2. The number of hydrogen-bond acceptors (Lipinski definition) is 2. The first-order valence-corrected chi connectivity index (χ1v) is 8.02. The van der Waals surface area contributed by atoms with Gasteiger partial charge in [-0.2, -0.15) is 0 Å². The van der Waals surface area contributed by atoms with Crippen molar-refractivity contribution in [2.24, 2.45) is 0 Å². The third-order valence-electron chi connectivity index (χ3n) is 3.34. The van der Waals surface area contributed by atoms with Gasteiger partial charge in [-0.3, -0.25) is 0 Å². The van der Waals surface area contributed by atoms with Gasteiger partial charge in [0, 0.05) is 13.6 Å². The third kappa shape index (κ3) is 3.26. The minimum absolute atomic E-state index is 0.385. The van der Waals surface area contributed by atoms with Gasteiger partial charge in [0.05, 0.1) is 4.90 Å². The van der Waals surface area contributed by atoms with Crippen LogP contribution in [-0.4, -0.2) is 26.3 Å². The lowest BCUT2D eigenvalue weighted by Crippen LogP contribution is -2.29. The minimum Gasteiger partial charge on any atom is -0.207 e. The highest BCUT2D eigenvalue weighted by Crippen LogP contribution is 2.18. The molecule has 0 radical (unpaired) electrons. The van der Waals surface area contributed by atoms with Crippen LogP contribution >= 0.6 is 0 Å². The molecule has 0 unspecified atom stereocenters. The van der Waals surface area contributed by atoms with E-state index >= 15 is 0 Å². The Labute approximate surface area is 120 Å². The molecule has 0 amide bonds. The maximum Gasteiger partial charge on any atom is 0.243 e. The van der Waals surface area contributed by atoms with Crippen molar-refractivity contribution in [3.63, 3.8) is 0 Å². The van der Waals surface area contributed by atoms with E-state index in [4.69, 9.17) is 0 Å². The molecule has 0 N–H and O–H groups in total. The van der Waals surface area contributed by atoms with Gasteiger partial charge in [0.2, 0.25) is 10.0 Å². The fourth-order valence-corrected chi connectivity index (χ4v) is 3.46. The Kier molecular flexibility index (Phi) is 4.57. The van der Waals surface area contributed by atoms with E-state index in [0.29, 0.717) is 17.9 Å². The molecule has 0 aromatic heterocycles. The molecular weight excluding hydrogens is 270 g/mol. The predicted molar refractivity (Wildman–Crippen MR) is 81.1 cm³/mol. The normalized spacial score (nSPS) is 11.8. The van der Waals surface area contributed by atoms with E-state index < -0.39 is 10.0 Å². The van der Waals surface area contributed by atoms with Crippen molar-refractivity contribution in [2.75, 3.05) is 13.6 Å². The number of benzene rings is 2. The van der Waals surface area contributed by atoms with Gasteiger partial charge in [-0.15, -0.1) is 0 Å². The zero-order valence-electron chi connectivity index (χ0n) is 11.8. The molecule has 0 heterocycles.